The van der Waals surface area contributed by atoms with Gasteiger partial charge in [0.25, 0.3) is 0 Å². The van der Waals surface area contributed by atoms with E-state index in [-0.39, 0.29) is 0 Å². The lowest BCUT2D eigenvalue weighted by molar-refractivity contribution is 0.899. The van der Waals surface area contributed by atoms with Crippen molar-refractivity contribution < 1.29 is 0 Å². The first kappa shape index (κ1) is 9.16. The second kappa shape index (κ2) is 3.39. The first-order valence-electron chi connectivity index (χ1n) is 4.88. The molecule has 0 amide bonds. The van der Waals surface area contributed by atoms with Crippen LogP contribution in [0.2, 0.25) is 0 Å². The molecule has 13 heavy (non-hydrogen) atoms. The van der Waals surface area contributed by atoms with E-state index in [9.17, 15) is 0 Å². The summed E-state index contributed by atoms with van der Waals surface area (Å²) >= 11 is 1.87. The third kappa shape index (κ3) is 1.76. The molecule has 0 radical (unpaired) electrons. The maximum absolute atomic E-state index is 5.54. The Bertz CT molecular complexity index is 306. The van der Waals surface area contributed by atoms with E-state index in [1.807, 2.05) is 11.3 Å². The van der Waals surface area contributed by atoms with E-state index in [1.165, 1.54) is 22.0 Å². The Morgan fingerprint density at radius 1 is 1.62 bits per heavy atom. The summed E-state index contributed by atoms with van der Waals surface area (Å²) in [7, 11) is 0. The van der Waals surface area contributed by atoms with Gasteiger partial charge in [0, 0.05) is 10.8 Å². The van der Waals surface area contributed by atoms with Crippen LogP contribution in [0.25, 0.3) is 0 Å². The molecule has 1 aliphatic rings. The fraction of sp³-hybridized carbons (Fsp3) is 0.700. The topological polar surface area (TPSA) is 38.9 Å². The molecule has 2 nitrogen and oxygen atoms in total. The normalized spacial score (nSPS) is 26.4. The van der Waals surface area contributed by atoms with Crippen molar-refractivity contribution in [1.29, 1.82) is 0 Å². The Kier molecular flexibility index (Phi) is 2.39. The van der Waals surface area contributed by atoms with Gasteiger partial charge in [-0.3, -0.25) is 0 Å². The lowest BCUT2D eigenvalue weighted by Gasteiger charge is -1.91. The Morgan fingerprint density at radius 3 is 2.85 bits per heavy atom. The van der Waals surface area contributed by atoms with Crippen molar-refractivity contribution in [2.75, 3.05) is 6.54 Å². The lowest BCUT2D eigenvalue weighted by atomic mass is 10.3. The van der Waals surface area contributed by atoms with Gasteiger partial charge in [-0.2, -0.15) is 0 Å². The number of hydrogen-bond acceptors (Lipinski definition) is 3. The third-order valence-electron chi connectivity index (χ3n) is 2.71. The number of hydrogen-bond donors (Lipinski definition) is 1. The predicted molar refractivity (Wildman–Crippen MR) is 56.1 cm³/mol. The summed E-state index contributed by atoms with van der Waals surface area (Å²) in [6.07, 6.45) is 2.32. The second-order valence-corrected chi connectivity index (χ2v) is 5.03. The van der Waals surface area contributed by atoms with Gasteiger partial charge in [-0.25, -0.2) is 4.98 Å². The van der Waals surface area contributed by atoms with E-state index in [4.69, 9.17) is 5.73 Å². The highest BCUT2D eigenvalue weighted by Crippen LogP contribution is 2.48. The van der Waals surface area contributed by atoms with Crippen LogP contribution < -0.4 is 5.73 Å². The van der Waals surface area contributed by atoms with Gasteiger partial charge < -0.3 is 5.73 Å². The molecule has 2 unspecified atom stereocenters. The van der Waals surface area contributed by atoms with Crippen molar-refractivity contribution in [3.8, 4) is 0 Å². The van der Waals surface area contributed by atoms with Gasteiger partial charge in [-0.15, -0.1) is 11.3 Å². The monoisotopic (exact) mass is 196 g/mol. The number of aryl methyl sites for hydroxylation is 1. The minimum atomic E-state index is 0.739. The molecule has 72 valence electrons. The van der Waals surface area contributed by atoms with Crippen LogP contribution in [-0.4, -0.2) is 11.5 Å². The Balaban J connectivity index is 2.15. The van der Waals surface area contributed by atoms with Crippen molar-refractivity contribution in [3.05, 3.63) is 15.6 Å². The average Bonchev–Trinajstić information content (AvgIpc) is 2.69. The zero-order valence-corrected chi connectivity index (χ0v) is 9.03. The first-order valence-corrected chi connectivity index (χ1v) is 5.70. The minimum absolute atomic E-state index is 0.739. The SMILES string of the molecule is Cc1nc(C2CC2C)sc1CCN. The highest BCUT2D eigenvalue weighted by Gasteiger charge is 2.36. The molecule has 1 aromatic heterocycles. The molecule has 0 bridgehead atoms. The van der Waals surface area contributed by atoms with Crippen molar-refractivity contribution in [2.24, 2.45) is 11.7 Å². The van der Waals surface area contributed by atoms with E-state index in [0.29, 0.717) is 0 Å². The van der Waals surface area contributed by atoms with E-state index in [0.717, 1.165) is 24.8 Å². The van der Waals surface area contributed by atoms with Crippen LogP contribution in [0, 0.1) is 12.8 Å². The van der Waals surface area contributed by atoms with Crippen LogP contribution in [0.5, 0.6) is 0 Å². The fourth-order valence-electron chi connectivity index (χ4n) is 1.64. The molecule has 3 heteroatoms. The lowest BCUT2D eigenvalue weighted by Crippen LogP contribution is -2.01. The molecule has 0 spiro atoms. The van der Waals surface area contributed by atoms with Gasteiger partial charge in [0.1, 0.15) is 0 Å². The summed E-state index contributed by atoms with van der Waals surface area (Å²) in [4.78, 5) is 5.99. The van der Waals surface area contributed by atoms with E-state index in [2.05, 4.69) is 18.8 Å². The molecule has 0 aliphatic heterocycles. The molecule has 2 N–H and O–H groups in total. The molecule has 1 aromatic rings. The van der Waals surface area contributed by atoms with Gasteiger partial charge in [0.2, 0.25) is 0 Å². The standard InChI is InChI=1S/C10H16N2S/c1-6-5-8(6)10-12-7(2)9(13-10)3-4-11/h6,8H,3-5,11H2,1-2H3. The number of nitrogens with two attached hydrogens (primary N) is 1. The van der Waals surface area contributed by atoms with Gasteiger partial charge >= 0.3 is 0 Å². The summed E-state index contributed by atoms with van der Waals surface area (Å²) in [5.74, 6) is 1.62. The second-order valence-electron chi connectivity index (χ2n) is 3.92. The average molecular weight is 196 g/mol. The molecule has 0 saturated heterocycles. The first-order chi connectivity index (χ1) is 6.22. The van der Waals surface area contributed by atoms with E-state index < -0.39 is 0 Å². The summed E-state index contributed by atoms with van der Waals surface area (Å²) in [5.41, 5.74) is 6.74. The molecule has 1 heterocycles. The van der Waals surface area contributed by atoms with Crippen molar-refractivity contribution in [3.63, 3.8) is 0 Å². The zero-order valence-electron chi connectivity index (χ0n) is 8.21. The Labute approximate surface area is 83.2 Å². The summed E-state index contributed by atoms with van der Waals surface area (Å²) in [6.45, 7) is 5.13. The smallest absolute Gasteiger partial charge is 0.0964 e. The Morgan fingerprint density at radius 2 is 2.31 bits per heavy atom. The van der Waals surface area contributed by atoms with Crippen LogP contribution >= 0.6 is 11.3 Å². The summed E-state index contributed by atoms with van der Waals surface area (Å²) in [5, 5.41) is 1.34. The molecule has 1 aliphatic carbocycles. The molecule has 0 aromatic carbocycles. The largest absolute Gasteiger partial charge is 0.330 e. The number of rotatable bonds is 3. The summed E-state index contributed by atoms with van der Waals surface area (Å²) < 4.78 is 0. The van der Waals surface area contributed by atoms with Crippen molar-refractivity contribution >= 4 is 11.3 Å². The van der Waals surface area contributed by atoms with Crippen LogP contribution in [0.4, 0.5) is 0 Å². The van der Waals surface area contributed by atoms with Crippen molar-refractivity contribution in [2.45, 2.75) is 32.6 Å². The molecule has 2 rings (SSSR count). The van der Waals surface area contributed by atoms with Gasteiger partial charge in [-0.1, -0.05) is 6.92 Å². The highest BCUT2D eigenvalue weighted by molar-refractivity contribution is 7.11. The van der Waals surface area contributed by atoms with Crippen LogP contribution in [0.3, 0.4) is 0 Å². The quantitative estimate of drug-likeness (QED) is 0.804. The van der Waals surface area contributed by atoms with Crippen LogP contribution in [-0.2, 0) is 6.42 Å². The molecule has 2 atom stereocenters. The maximum atomic E-state index is 5.54. The number of nitrogens with zero attached hydrogens (tertiary/aromatic N) is 1. The van der Waals surface area contributed by atoms with Gasteiger partial charge in [-0.05, 0) is 32.2 Å². The van der Waals surface area contributed by atoms with Gasteiger partial charge in [0.15, 0.2) is 0 Å². The van der Waals surface area contributed by atoms with Crippen LogP contribution in [0.1, 0.15) is 34.8 Å². The highest BCUT2D eigenvalue weighted by atomic mass is 32.1. The molecule has 1 saturated carbocycles. The van der Waals surface area contributed by atoms with E-state index >= 15 is 0 Å². The Hall–Kier alpha value is -0.410. The molecular formula is C10H16N2S. The van der Waals surface area contributed by atoms with E-state index in [1.54, 1.807) is 0 Å². The zero-order chi connectivity index (χ0) is 9.42. The minimum Gasteiger partial charge on any atom is -0.330 e. The predicted octanol–water partition coefficient (Wildman–Crippen LogP) is 2.08. The summed E-state index contributed by atoms with van der Waals surface area (Å²) in [6, 6.07) is 0. The van der Waals surface area contributed by atoms with Gasteiger partial charge in [0.05, 0.1) is 10.7 Å². The fourth-order valence-corrected chi connectivity index (χ4v) is 2.97. The van der Waals surface area contributed by atoms with Crippen molar-refractivity contribution in [1.82, 2.24) is 4.98 Å². The van der Waals surface area contributed by atoms with Crippen LogP contribution in [0.15, 0.2) is 0 Å². The number of aromatic nitrogens is 1. The molecule has 1 fully saturated rings. The third-order valence-corrected chi connectivity index (χ3v) is 4.06. The number of thiazole rings is 1. The maximum Gasteiger partial charge on any atom is 0.0964 e. The molecular weight excluding hydrogens is 180 g/mol.